The summed E-state index contributed by atoms with van der Waals surface area (Å²) in [5, 5.41) is 0. The van der Waals surface area contributed by atoms with E-state index in [4.69, 9.17) is 4.74 Å². The van der Waals surface area contributed by atoms with Crippen LogP contribution in [-0.2, 0) is 16.0 Å². The molecule has 168 valence electrons. The average molecular weight is 425 g/mol. The summed E-state index contributed by atoms with van der Waals surface area (Å²) >= 11 is 0. The number of aryl methyl sites for hydroxylation is 1. The van der Waals surface area contributed by atoms with E-state index in [1.54, 1.807) is 0 Å². The zero-order valence-corrected chi connectivity index (χ0v) is 19.1. The van der Waals surface area contributed by atoms with Gasteiger partial charge in [-0.05, 0) is 73.1 Å². The SMILES string of the molecule is CCCCc1ccc(-c2ccc([C@H]3CC[C@H](OC(=O)[C@@H](F)CCCC)CC3)cc2)cc1. The maximum absolute atomic E-state index is 13.9. The summed E-state index contributed by atoms with van der Waals surface area (Å²) in [7, 11) is 0. The van der Waals surface area contributed by atoms with E-state index in [2.05, 4.69) is 55.5 Å². The van der Waals surface area contributed by atoms with E-state index < -0.39 is 12.1 Å². The van der Waals surface area contributed by atoms with Crippen molar-refractivity contribution in [3.8, 4) is 11.1 Å². The zero-order valence-electron chi connectivity index (χ0n) is 19.1. The van der Waals surface area contributed by atoms with Crippen molar-refractivity contribution in [1.29, 1.82) is 0 Å². The highest BCUT2D eigenvalue weighted by molar-refractivity contribution is 5.74. The lowest BCUT2D eigenvalue weighted by molar-refractivity contribution is -0.157. The van der Waals surface area contributed by atoms with Crippen LogP contribution in [0.1, 0.15) is 88.7 Å². The Morgan fingerprint density at radius 3 is 2.06 bits per heavy atom. The summed E-state index contributed by atoms with van der Waals surface area (Å²) in [5.74, 6) is -0.177. The largest absolute Gasteiger partial charge is 0.460 e. The lowest BCUT2D eigenvalue weighted by atomic mass is 9.82. The molecule has 31 heavy (non-hydrogen) atoms. The van der Waals surface area contributed by atoms with Gasteiger partial charge in [0, 0.05) is 0 Å². The lowest BCUT2D eigenvalue weighted by Crippen LogP contribution is -2.28. The van der Waals surface area contributed by atoms with Gasteiger partial charge in [-0.2, -0.15) is 0 Å². The predicted octanol–water partition coefficient (Wildman–Crippen LogP) is 7.79. The van der Waals surface area contributed by atoms with Crippen molar-refractivity contribution in [2.75, 3.05) is 0 Å². The molecule has 1 aliphatic rings. The van der Waals surface area contributed by atoms with Gasteiger partial charge in [0.25, 0.3) is 0 Å². The molecule has 0 aromatic heterocycles. The minimum absolute atomic E-state index is 0.130. The van der Waals surface area contributed by atoms with Gasteiger partial charge in [0.1, 0.15) is 6.10 Å². The molecule has 0 amide bonds. The Kier molecular flexibility index (Phi) is 9.12. The lowest BCUT2D eigenvalue weighted by Gasteiger charge is -2.29. The summed E-state index contributed by atoms with van der Waals surface area (Å²) in [4.78, 5) is 11.9. The number of hydrogen-bond acceptors (Lipinski definition) is 2. The van der Waals surface area contributed by atoms with Crippen molar-refractivity contribution in [3.05, 3.63) is 59.7 Å². The first-order valence-electron chi connectivity index (χ1n) is 12.1. The van der Waals surface area contributed by atoms with Crippen LogP contribution in [0.25, 0.3) is 11.1 Å². The van der Waals surface area contributed by atoms with E-state index in [0.717, 1.165) is 44.9 Å². The number of alkyl halides is 1. The van der Waals surface area contributed by atoms with E-state index in [0.29, 0.717) is 5.92 Å². The molecule has 1 atom stereocenters. The van der Waals surface area contributed by atoms with Crippen molar-refractivity contribution in [1.82, 2.24) is 0 Å². The summed E-state index contributed by atoms with van der Waals surface area (Å²) < 4.78 is 19.3. The van der Waals surface area contributed by atoms with E-state index in [9.17, 15) is 9.18 Å². The Labute approximate surface area is 187 Å². The summed E-state index contributed by atoms with van der Waals surface area (Å²) in [6, 6.07) is 17.8. The first kappa shape index (κ1) is 23.5. The number of carbonyl (C=O) groups is 1. The van der Waals surface area contributed by atoms with Crippen LogP contribution in [-0.4, -0.2) is 18.2 Å². The molecule has 0 spiro atoms. The normalized spacial score (nSPS) is 19.7. The van der Waals surface area contributed by atoms with Crippen molar-refractivity contribution in [3.63, 3.8) is 0 Å². The molecule has 1 aliphatic carbocycles. The van der Waals surface area contributed by atoms with E-state index in [1.165, 1.54) is 35.1 Å². The number of benzene rings is 2. The maximum Gasteiger partial charge on any atom is 0.340 e. The topological polar surface area (TPSA) is 26.3 Å². The molecule has 1 fully saturated rings. The quantitative estimate of drug-likeness (QED) is 0.364. The van der Waals surface area contributed by atoms with E-state index in [-0.39, 0.29) is 12.5 Å². The number of unbranched alkanes of at least 4 members (excludes halogenated alkanes) is 2. The minimum atomic E-state index is -1.47. The fraction of sp³-hybridized carbons (Fsp3) is 0.536. The van der Waals surface area contributed by atoms with Crippen LogP contribution in [0, 0.1) is 0 Å². The molecule has 3 rings (SSSR count). The molecular formula is C28H37FO2. The highest BCUT2D eigenvalue weighted by Crippen LogP contribution is 2.35. The molecule has 0 saturated heterocycles. The molecule has 0 radical (unpaired) electrons. The molecule has 2 aromatic rings. The number of rotatable bonds is 10. The third-order valence-electron chi connectivity index (χ3n) is 6.51. The number of hydrogen-bond donors (Lipinski definition) is 0. The molecule has 0 unspecified atom stereocenters. The van der Waals surface area contributed by atoms with Gasteiger partial charge < -0.3 is 4.74 Å². The van der Waals surface area contributed by atoms with Crippen LogP contribution in [0.15, 0.2) is 48.5 Å². The summed E-state index contributed by atoms with van der Waals surface area (Å²) in [5.41, 5.74) is 5.25. The molecule has 0 aliphatic heterocycles. The molecule has 3 heteroatoms. The smallest absolute Gasteiger partial charge is 0.340 e. The van der Waals surface area contributed by atoms with Crippen LogP contribution in [0.3, 0.4) is 0 Å². The van der Waals surface area contributed by atoms with Crippen molar-refractivity contribution < 1.29 is 13.9 Å². The summed E-state index contributed by atoms with van der Waals surface area (Å²) in [6.45, 7) is 4.22. The molecule has 1 saturated carbocycles. The van der Waals surface area contributed by atoms with Crippen LogP contribution in [0.2, 0.25) is 0 Å². The van der Waals surface area contributed by atoms with Gasteiger partial charge in [0.05, 0.1) is 0 Å². The second kappa shape index (κ2) is 12.0. The Morgan fingerprint density at radius 2 is 1.48 bits per heavy atom. The second-order valence-corrected chi connectivity index (χ2v) is 8.94. The number of halogens is 1. The van der Waals surface area contributed by atoms with Crippen molar-refractivity contribution in [2.45, 2.75) is 96.2 Å². The Bertz CT molecular complexity index is 789. The van der Waals surface area contributed by atoms with Crippen molar-refractivity contribution in [2.24, 2.45) is 0 Å². The number of esters is 1. The zero-order chi connectivity index (χ0) is 22.1. The molecule has 0 heterocycles. The Morgan fingerprint density at radius 1 is 0.903 bits per heavy atom. The van der Waals surface area contributed by atoms with Crippen molar-refractivity contribution >= 4 is 5.97 Å². The first-order chi connectivity index (χ1) is 15.1. The highest BCUT2D eigenvalue weighted by Gasteiger charge is 2.27. The van der Waals surface area contributed by atoms with Gasteiger partial charge in [-0.3, -0.25) is 0 Å². The predicted molar refractivity (Wildman–Crippen MR) is 126 cm³/mol. The van der Waals surface area contributed by atoms with E-state index >= 15 is 0 Å². The number of carbonyl (C=O) groups excluding carboxylic acids is 1. The van der Waals surface area contributed by atoms with Gasteiger partial charge in [-0.15, -0.1) is 0 Å². The maximum atomic E-state index is 13.9. The number of ether oxygens (including phenoxy) is 1. The first-order valence-corrected chi connectivity index (χ1v) is 12.1. The summed E-state index contributed by atoms with van der Waals surface area (Å²) in [6.07, 6.45) is 7.51. The molecule has 0 N–H and O–H groups in total. The van der Waals surface area contributed by atoms with Gasteiger partial charge in [-0.1, -0.05) is 81.6 Å². The van der Waals surface area contributed by atoms with Gasteiger partial charge in [-0.25, -0.2) is 9.18 Å². The minimum Gasteiger partial charge on any atom is -0.460 e. The molecule has 2 aromatic carbocycles. The highest BCUT2D eigenvalue weighted by atomic mass is 19.1. The van der Waals surface area contributed by atoms with Crippen LogP contribution in [0.4, 0.5) is 4.39 Å². The Balaban J connectivity index is 1.49. The van der Waals surface area contributed by atoms with Crippen LogP contribution >= 0.6 is 0 Å². The van der Waals surface area contributed by atoms with Gasteiger partial charge in [0.2, 0.25) is 0 Å². The third kappa shape index (κ3) is 6.92. The van der Waals surface area contributed by atoms with Gasteiger partial charge in [0.15, 0.2) is 6.17 Å². The fourth-order valence-electron chi connectivity index (χ4n) is 4.45. The van der Waals surface area contributed by atoms with Gasteiger partial charge >= 0.3 is 5.97 Å². The second-order valence-electron chi connectivity index (χ2n) is 8.94. The van der Waals surface area contributed by atoms with Crippen LogP contribution < -0.4 is 0 Å². The fourth-order valence-corrected chi connectivity index (χ4v) is 4.45. The monoisotopic (exact) mass is 424 g/mol. The standard InChI is InChI=1S/C28H37FO2/c1-3-5-7-21-9-11-22(12-10-21)23-13-15-24(16-14-23)25-17-19-26(20-18-25)31-28(30)27(29)8-6-4-2/h9-16,25-27H,3-8,17-20H2,1-2H3/t25-,26-,27-/m0/s1. The molecule has 0 bridgehead atoms. The molecular weight excluding hydrogens is 387 g/mol. The third-order valence-corrected chi connectivity index (χ3v) is 6.51. The Hall–Kier alpha value is -2.16. The molecule has 2 nitrogen and oxygen atoms in total. The van der Waals surface area contributed by atoms with E-state index in [1.807, 2.05) is 6.92 Å². The van der Waals surface area contributed by atoms with Crippen LogP contribution in [0.5, 0.6) is 0 Å². The average Bonchev–Trinajstić information content (AvgIpc) is 2.82.